The Kier molecular flexibility index (Phi) is 6.52. The number of hydrogen-bond donors (Lipinski definition) is 0. The standard InChI is InChI=1S/C14H26BO6P/c1-5-10-12(7-14(15)20-10)21-22(4,16)18-8-13-11(17-3)6-9(2)19-13/h9-14H,5-8H2,1-4H3/t9-,10+,11?,12?,13+,14+,22?/m0/s1. The third-order valence-electron chi connectivity index (χ3n) is 4.12. The van der Waals surface area contributed by atoms with Crippen LogP contribution in [-0.2, 0) is 27.8 Å². The van der Waals surface area contributed by atoms with E-state index in [0.29, 0.717) is 6.42 Å². The van der Waals surface area contributed by atoms with E-state index >= 15 is 0 Å². The summed E-state index contributed by atoms with van der Waals surface area (Å²) in [5, 5.41) is 0. The first-order valence-electron chi connectivity index (χ1n) is 7.84. The van der Waals surface area contributed by atoms with Crippen LogP contribution < -0.4 is 0 Å². The molecule has 2 aliphatic rings. The summed E-state index contributed by atoms with van der Waals surface area (Å²) in [4.78, 5) is 0. The number of hydrogen-bond acceptors (Lipinski definition) is 6. The SMILES string of the molecule is [B][C@H]1CC(OP(C)(=O)OC[C@H]2O[C@@H](C)CC2OC)[C@@H](CC)O1. The van der Waals surface area contributed by atoms with E-state index in [2.05, 4.69) is 0 Å². The molecule has 0 amide bonds. The maximum atomic E-state index is 12.5. The molecule has 0 aliphatic carbocycles. The summed E-state index contributed by atoms with van der Waals surface area (Å²) in [6.07, 6.45) is 1.51. The summed E-state index contributed by atoms with van der Waals surface area (Å²) in [5.74, 6) is 0. The fourth-order valence-corrected chi connectivity index (χ4v) is 4.21. The zero-order valence-corrected chi connectivity index (χ0v) is 14.7. The largest absolute Gasteiger partial charge is 0.382 e. The van der Waals surface area contributed by atoms with E-state index in [-0.39, 0.29) is 43.1 Å². The molecular formula is C14H26BO6P. The minimum atomic E-state index is -3.20. The van der Waals surface area contributed by atoms with Crippen molar-refractivity contribution in [2.24, 2.45) is 0 Å². The third-order valence-corrected chi connectivity index (χ3v) is 5.39. The highest BCUT2D eigenvalue weighted by atomic mass is 31.2. The summed E-state index contributed by atoms with van der Waals surface area (Å²) in [6, 6.07) is -0.369. The molecule has 2 rings (SSSR count). The van der Waals surface area contributed by atoms with Crippen LogP contribution >= 0.6 is 7.60 Å². The molecule has 6 nitrogen and oxygen atoms in total. The minimum absolute atomic E-state index is 0.0402. The number of rotatable bonds is 7. The molecule has 0 spiro atoms. The summed E-state index contributed by atoms with van der Waals surface area (Å²) < 4.78 is 40.3. The van der Waals surface area contributed by atoms with E-state index in [4.69, 9.17) is 31.1 Å². The fraction of sp³-hybridized carbons (Fsp3) is 1.00. The molecule has 0 bridgehead atoms. The van der Waals surface area contributed by atoms with Crippen molar-refractivity contribution in [2.45, 2.75) is 69.6 Å². The summed E-state index contributed by atoms with van der Waals surface area (Å²) in [6.45, 7) is 5.63. The van der Waals surface area contributed by atoms with Gasteiger partial charge in [0.2, 0.25) is 0 Å². The molecule has 0 aromatic rings. The Bertz CT molecular complexity index is 409. The van der Waals surface area contributed by atoms with Gasteiger partial charge in [0.05, 0.1) is 31.0 Å². The molecule has 2 fully saturated rings. The second-order valence-electron chi connectivity index (χ2n) is 6.06. The normalized spacial score (nSPS) is 41.6. The van der Waals surface area contributed by atoms with Crippen molar-refractivity contribution in [3.05, 3.63) is 0 Å². The molecule has 2 aliphatic heterocycles. The lowest BCUT2D eigenvalue weighted by atomic mass is 9.96. The van der Waals surface area contributed by atoms with Crippen LogP contribution in [0.2, 0.25) is 0 Å². The van der Waals surface area contributed by atoms with Crippen molar-refractivity contribution in [1.29, 1.82) is 0 Å². The van der Waals surface area contributed by atoms with E-state index in [9.17, 15) is 4.57 Å². The molecule has 0 N–H and O–H groups in total. The van der Waals surface area contributed by atoms with Gasteiger partial charge >= 0.3 is 7.60 Å². The van der Waals surface area contributed by atoms with E-state index in [0.717, 1.165) is 12.8 Å². The molecule has 8 heteroatoms. The van der Waals surface area contributed by atoms with Crippen LogP contribution in [0.15, 0.2) is 0 Å². The molecule has 126 valence electrons. The summed E-state index contributed by atoms with van der Waals surface area (Å²) in [5.41, 5.74) is 0. The average molecular weight is 332 g/mol. The quantitative estimate of drug-likeness (QED) is 0.526. The van der Waals surface area contributed by atoms with Crippen molar-refractivity contribution in [3.8, 4) is 0 Å². The van der Waals surface area contributed by atoms with Gasteiger partial charge in [0.25, 0.3) is 0 Å². The van der Waals surface area contributed by atoms with Crippen molar-refractivity contribution < 1.29 is 27.8 Å². The van der Waals surface area contributed by atoms with Crippen molar-refractivity contribution in [3.63, 3.8) is 0 Å². The summed E-state index contributed by atoms with van der Waals surface area (Å²) >= 11 is 0. The van der Waals surface area contributed by atoms with E-state index in [1.165, 1.54) is 6.66 Å². The van der Waals surface area contributed by atoms with Crippen molar-refractivity contribution in [1.82, 2.24) is 0 Å². The van der Waals surface area contributed by atoms with Gasteiger partial charge in [0, 0.05) is 26.2 Å². The third kappa shape index (κ3) is 4.79. The fourth-order valence-electron chi connectivity index (χ4n) is 3.02. The van der Waals surface area contributed by atoms with Crippen LogP contribution in [0, 0.1) is 0 Å². The Morgan fingerprint density at radius 3 is 2.59 bits per heavy atom. The Labute approximate surface area is 134 Å². The molecule has 7 atom stereocenters. The molecule has 2 radical (unpaired) electrons. The lowest BCUT2D eigenvalue weighted by molar-refractivity contribution is -0.0303. The van der Waals surface area contributed by atoms with Crippen LogP contribution in [0.1, 0.15) is 33.1 Å². The van der Waals surface area contributed by atoms with Gasteiger partial charge in [0.15, 0.2) is 0 Å². The maximum Gasteiger partial charge on any atom is 0.328 e. The lowest BCUT2D eigenvalue weighted by Crippen LogP contribution is -2.28. The van der Waals surface area contributed by atoms with Crippen LogP contribution in [-0.4, -0.2) is 64.8 Å². The van der Waals surface area contributed by atoms with E-state index in [1.807, 2.05) is 13.8 Å². The molecule has 22 heavy (non-hydrogen) atoms. The Morgan fingerprint density at radius 1 is 1.23 bits per heavy atom. The van der Waals surface area contributed by atoms with Gasteiger partial charge in [0.1, 0.15) is 14.0 Å². The van der Waals surface area contributed by atoms with Gasteiger partial charge in [-0.3, -0.25) is 4.57 Å². The zero-order valence-electron chi connectivity index (χ0n) is 13.8. The molecule has 2 saturated heterocycles. The first kappa shape index (κ1) is 18.4. The molecule has 2 heterocycles. The molecular weight excluding hydrogens is 306 g/mol. The van der Waals surface area contributed by atoms with Gasteiger partial charge in [-0.05, 0) is 19.8 Å². The molecule has 0 aromatic heterocycles. The topological polar surface area (TPSA) is 63.2 Å². The highest BCUT2D eigenvalue weighted by Gasteiger charge is 2.38. The minimum Gasteiger partial charge on any atom is -0.382 e. The van der Waals surface area contributed by atoms with Crippen LogP contribution in [0.3, 0.4) is 0 Å². The highest BCUT2D eigenvalue weighted by molar-refractivity contribution is 7.53. The highest BCUT2D eigenvalue weighted by Crippen LogP contribution is 2.48. The second kappa shape index (κ2) is 7.78. The Hall–Kier alpha value is 0.0949. The van der Waals surface area contributed by atoms with E-state index in [1.54, 1.807) is 7.11 Å². The second-order valence-corrected chi connectivity index (χ2v) is 8.07. The van der Waals surface area contributed by atoms with Crippen molar-refractivity contribution in [2.75, 3.05) is 20.4 Å². The Morgan fingerprint density at radius 2 is 1.95 bits per heavy atom. The monoisotopic (exact) mass is 332 g/mol. The summed E-state index contributed by atoms with van der Waals surface area (Å²) in [7, 11) is 4.21. The van der Waals surface area contributed by atoms with Crippen LogP contribution in [0.25, 0.3) is 0 Å². The zero-order chi connectivity index (χ0) is 16.3. The molecule has 0 aromatic carbocycles. The maximum absolute atomic E-state index is 12.5. The van der Waals surface area contributed by atoms with Crippen LogP contribution in [0.4, 0.5) is 0 Å². The van der Waals surface area contributed by atoms with E-state index < -0.39 is 7.60 Å². The van der Waals surface area contributed by atoms with Crippen LogP contribution in [0.5, 0.6) is 0 Å². The van der Waals surface area contributed by atoms with Crippen molar-refractivity contribution >= 4 is 15.4 Å². The average Bonchev–Trinajstić information content (AvgIpc) is 2.98. The molecule has 3 unspecified atom stereocenters. The first-order chi connectivity index (χ1) is 10.3. The van der Waals surface area contributed by atoms with Gasteiger partial charge in [-0.25, -0.2) is 0 Å². The Balaban J connectivity index is 1.84. The van der Waals surface area contributed by atoms with Gasteiger partial charge < -0.3 is 23.3 Å². The smallest absolute Gasteiger partial charge is 0.328 e. The first-order valence-corrected chi connectivity index (χ1v) is 9.83. The molecule has 0 saturated carbocycles. The number of methoxy groups -OCH3 is 1. The lowest BCUT2D eigenvalue weighted by Gasteiger charge is -2.24. The number of ether oxygens (including phenoxy) is 3. The predicted octanol–water partition coefficient (Wildman–Crippen LogP) is 2.10. The van der Waals surface area contributed by atoms with Gasteiger partial charge in [-0.1, -0.05) is 6.92 Å². The predicted molar refractivity (Wildman–Crippen MR) is 83.4 cm³/mol. The van der Waals surface area contributed by atoms with Gasteiger partial charge in [-0.15, -0.1) is 0 Å². The van der Waals surface area contributed by atoms with Gasteiger partial charge in [-0.2, -0.15) is 0 Å².